The number of rotatable bonds is 3. The van der Waals surface area contributed by atoms with Crippen molar-refractivity contribution in [3.63, 3.8) is 0 Å². The third kappa shape index (κ3) is 16.7. The van der Waals surface area contributed by atoms with Gasteiger partial charge >= 0.3 is 58.2 Å². The molecule has 0 aromatic carbocycles. The number of nitrogens with zero attached hydrogens (tertiary/aromatic N) is 1. The van der Waals surface area contributed by atoms with Gasteiger partial charge in [0.15, 0.2) is 0 Å². The number of carbonyl (C=O) groups is 1. The molecule has 8 heteroatoms. The molecule has 0 bridgehead atoms. The second-order valence-corrected chi connectivity index (χ2v) is 1.13. The van der Waals surface area contributed by atoms with Crippen LogP contribution in [-0.2, 0) is 34.8 Å². The van der Waals surface area contributed by atoms with E-state index in [1.165, 1.54) is 6.92 Å². The Labute approximate surface area is 127 Å². The maximum Gasteiger partial charge on any atom is 1.00 e. The smallest absolute Gasteiger partial charge is 0.613 e. The summed E-state index contributed by atoms with van der Waals surface area (Å²) in [6.45, 7) is 4.12. The molecule has 0 N–H and O–H groups in total. The van der Waals surface area contributed by atoms with Gasteiger partial charge in [-0.25, -0.2) is 0 Å². The van der Waals surface area contributed by atoms with Crippen LogP contribution in [0.25, 0.3) is 0 Å². The minimum atomic E-state index is -0.795. The zero-order chi connectivity index (χ0) is 7.28. The summed E-state index contributed by atoms with van der Waals surface area (Å²) in [5.41, 5.74) is 0. The topological polar surface area (TPSA) is 65.0 Å². The zero-order valence-electron chi connectivity index (χ0n) is 6.87. The summed E-state index contributed by atoms with van der Waals surface area (Å²) in [6.07, 6.45) is -0.231. The Balaban J connectivity index is -0.000000107. The van der Waals surface area contributed by atoms with Gasteiger partial charge in [0.25, 0.3) is 0 Å². The van der Waals surface area contributed by atoms with Gasteiger partial charge in [0.2, 0.25) is 0 Å². The number of ether oxygens (including phenoxy) is 1. The third-order valence-electron chi connectivity index (χ3n) is 0.423. The van der Waals surface area contributed by atoms with Crippen molar-refractivity contribution in [1.29, 1.82) is 0 Å². The van der Waals surface area contributed by atoms with Crippen LogP contribution in [0.4, 0.5) is 0 Å². The first kappa shape index (κ1) is 22.8. The van der Waals surface area contributed by atoms with Crippen LogP contribution in [0, 0.1) is 18.1 Å². The average Bonchev–Trinajstić information content (AvgIpc) is 1.63. The fourth-order valence-electron chi connectivity index (χ4n) is 0.231. The van der Waals surface area contributed by atoms with Crippen LogP contribution in [0.3, 0.4) is 0 Å². The minimum absolute atomic E-state index is 0. The molecule has 0 aromatic heterocycles. The van der Waals surface area contributed by atoms with Gasteiger partial charge in [-0.2, -0.15) is 0 Å². The van der Waals surface area contributed by atoms with Crippen molar-refractivity contribution in [3.05, 3.63) is 18.1 Å². The predicted octanol–water partition coefficient (Wildman–Crippen LogP) is -2.43. The van der Waals surface area contributed by atoms with Gasteiger partial charge in [0.05, 0.1) is 0 Å². The Morgan fingerprint density at radius 2 is 2.00 bits per heavy atom. The van der Waals surface area contributed by atoms with Gasteiger partial charge in [-0.05, 0) is 0 Å². The molecule has 0 fully saturated rings. The average molecular weight is 670 g/mol. The first-order valence-corrected chi connectivity index (χ1v) is 2.04. The Morgan fingerprint density at radius 3 is 2.25 bits per heavy atom. The molecule has 0 saturated heterocycles. The molecule has 12 heavy (non-hydrogen) atoms. The molecule has 0 atom stereocenters. The standard InChI is InChI=1S/C4H5NO4.Rb.Re.Rf/c1-3(6)8-4(2)9-5-7;;;/h1H2,2H3;;;/q-2;+1;;. The Bertz CT molecular complexity index is 128. The Morgan fingerprint density at radius 1 is 1.58 bits per heavy atom. The Kier molecular flexibility index (Phi) is 26.1. The number of hydrogen-bond donors (Lipinski definition) is 0. The largest absolute Gasteiger partial charge is 1.00 e. The molecule has 0 aliphatic carbocycles. The summed E-state index contributed by atoms with van der Waals surface area (Å²) in [5, 5.41) is 2.00. The SMILES string of the molecule is [CH2-]C(=O)O[C-](C)ON=O.[Rb+].[Re].[Rf]. The van der Waals surface area contributed by atoms with Crippen LogP contribution in [0.5, 0.6) is 0 Å². The molecule has 0 aliphatic heterocycles. The second-order valence-electron chi connectivity index (χ2n) is 1.13. The van der Waals surface area contributed by atoms with E-state index in [9.17, 15) is 9.70 Å². The number of hydrogen-bond acceptors (Lipinski definition) is 5. The van der Waals surface area contributed by atoms with Crippen LogP contribution >= 0.6 is 0 Å². The van der Waals surface area contributed by atoms with Gasteiger partial charge in [0.1, 0.15) is 11.3 Å². The van der Waals surface area contributed by atoms with Crippen LogP contribution in [0.15, 0.2) is 5.34 Å². The maximum atomic E-state index is 9.95. The van der Waals surface area contributed by atoms with E-state index in [1.807, 2.05) is 5.34 Å². The zero-order valence-corrected chi connectivity index (χ0v) is 20.9. The van der Waals surface area contributed by atoms with Crippen molar-refractivity contribution in [1.82, 2.24) is 0 Å². The van der Waals surface area contributed by atoms with E-state index in [1.54, 1.807) is 0 Å². The van der Waals surface area contributed by atoms with Crippen molar-refractivity contribution in [2.75, 3.05) is 0 Å². The summed E-state index contributed by atoms with van der Waals surface area (Å²) < 4.78 is 4.14. The summed E-state index contributed by atoms with van der Waals surface area (Å²) in [6, 6.07) is 0. The summed E-state index contributed by atoms with van der Waals surface area (Å²) >= 11 is 0. The molecule has 0 saturated carbocycles. The maximum absolute atomic E-state index is 9.95. The Hall–Kier alpha value is 0.208. The van der Waals surface area contributed by atoms with E-state index >= 15 is 0 Å². The molecule has 61 valence electrons. The monoisotopic (exact) mass is 670 g/mol. The summed E-state index contributed by atoms with van der Waals surface area (Å²) in [4.78, 5) is 23.1. The van der Waals surface area contributed by atoms with Gasteiger partial charge < -0.3 is 16.5 Å². The second kappa shape index (κ2) is 13.8. The first-order chi connectivity index (χ1) is 4.16. The van der Waals surface area contributed by atoms with E-state index in [0.29, 0.717) is 0 Å². The van der Waals surface area contributed by atoms with Gasteiger partial charge in [0, 0.05) is 26.7 Å². The van der Waals surface area contributed by atoms with E-state index in [2.05, 4.69) is 16.5 Å². The van der Waals surface area contributed by atoms with E-state index in [4.69, 9.17) is 0 Å². The molecule has 0 aliphatic rings. The normalized spacial score (nSPS) is 6.50. The molecule has 0 spiro atoms. The van der Waals surface area contributed by atoms with Crippen molar-refractivity contribution < 1.29 is 93.0 Å². The molecular weight excluding hydrogens is 665 g/mol. The third-order valence-corrected chi connectivity index (χ3v) is 0.423. The van der Waals surface area contributed by atoms with Gasteiger partial charge in [-0.3, -0.25) is 4.79 Å². The van der Waals surface area contributed by atoms with Gasteiger partial charge in [-0.15, -0.1) is 11.8 Å². The van der Waals surface area contributed by atoms with Crippen molar-refractivity contribution in [3.8, 4) is 0 Å². The fraction of sp³-hybridized carbons (Fsp3) is 0.250. The molecule has 0 rings (SSSR count). The summed E-state index contributed by atoms with van der Waals surface area (Å²) in [5.74, 6) is -0.795. The molecule has 0 unspecified atom stereocenters. The predicted molar refractivity (Wildman–Crippen MR) is 27.2 cm³/mol. The molecule has 0 aromatic rings. The van der Waals surface area contributed by atoms with E-state index < -0.39 is 5.97 Å². The minimum Gasteiger partial charge on any atom is -0.613 e. The van der Waals surface area contributed by atoms with E-state index in [-0.39, 0.29) is 84.9 Å². The van der Waals surface area contributed by atoms with Crippen molar-refractivity contribution >= 4 is 5.97 Å². The van der Waals surface area contributed by atoms with Crippen LogP contribution in [0.2, 0.25) is 0 Å². The van der Waals surface area contributed by atoms with Crippen molar-refractivity contribution in [2.24, 2.45) is 5.34 Å². The first-order valence-electron chi connectivity index (χ1n) is 2.04. The van der Waals surface area contributed by atoms with Crippen LogP contribution < -0.4 is 58.2 Å². The van der Waals surface area contributed by atoms with Crippen LogP contribution in [0.1, 0.15) is 6.92 Å². The molecule has 0 amide bonds. The number of esters is 1. The molecular formula is C4H5NO4RbReRf-. The number of carbonyl (C=O) groups excluding carboxylic acids is 1. The van der Waals surface area contributed by atoms with Gasteiger partial charge in [-0.1, -0.05) is 0 Å². The fourth-order valence-corrected chi connectivity index (χ4v) is 0.231. The van der Waals surface area contributed by atoms with Crippen molar-refractivity contribution in [2.45, 2.75) is 6.92 Å². The van der Waals surface area contributed by atoms with Crippen LogP contribution in [-0.4, -0.2) is 5.97 Å². The van der Waals surface area contributed by atoms with E-state index in [0.717, 1.165) is 0 Å². The molecule has 1 radical (unpaired) electrons. The molecule has 5 nitrogen and oxygen atoms in total. The molecule has 0 heterocycles. The summed E-state index contributed by atoms with van der Waals surface area (Å²) in [7, 11) is 0. The quantitative estimate of drug-likeness (QED) is 0.145.